The normalized spacial score (nSPS) is 12.3. The van der Waals surface area contributed by atoms with Crippen molar-refractivity contribution in [1.82, 2.24) is 10.5 Å². The maximum atomic E-state index is 14.4. The first kappa shape index (κ1) is 29.3. The summed E-state index contributed by atoms with van der Waals surface area (Å²) in [6.45, 7) is 5.37. The van der Waals surface area contributed by atoms with Gasteiger partial charge in [0.05, 0.1) is 13.7 Å². The minimum atomic E-state index is -0.511. The molecule has 3 rings (SSSR count). The van der Waals surface area contributed by atoms with Crippen LogP contribution in [-0.2, 0) is 36.8 Å². The Hall–Kier alpha value is -4.27. The third-order valence-electron chi connectivity index (χ3n) is 6.33. The summed E-state index contributed by atoms with van der Waals surface area (Å²) in [6, 6.07) is 16.0. The SMILES string of the molecule is C=Cc1cccc(CNC(=O)C(C)C[C@@H](CCC(=O)OC)COC(=O)Cc2cc(-c3ccccc3)no2)c1F. The van der Waals surface area contributed by atoms with Gasteiger partial charge in [-0.15, -0.1) is 0 Å². The number of amides is 1. The molecule has 8 nitrogen and oxygen atoms in total. The number of rotatable bonds is 14. The Morgan fingerprint density at radius 2 is 1.90 bits per heavy atom. The topological polar surface area (TPSA) is 108 Å². The van der Waals surface area contributed by atoms with Crippen molar-refractivity contribution in [3.63, 3.8) is 0 Å². The number of methoxy groups -OCH3 is 1. The molecule has 3 aromatic rings. The number of aromatic nitrogens is 1. The van der Waals surface area contributed by atoms with Gasteiger partial charge < -0.3 is 19.3 Å². The van der Waals surface area contributed by atoms with E-state index in [0.29, 0.717) is 35.4 Å². The molecule has 206 valence electrons. The smallest absolute Gasteiger partial charge is 0.313 e. The van der Waals surface area contributed by atoms with Crippen LogP contribution in [-0.4, -0.2) is 36.7 Å². The zero-order valence-corrected chi connectivity index (χ0v) is 22.2. The molecule has 39 heavy (non-hydrogen) atoms. The van der Waals surface area contributed by atoms with Crippen LogP contribution in [0.5, 0.6) is 0 Å². The van der Waals surface area contributed by atoms with E-state index in [2.05, 4.69) is 17.1 Å². The predicted molar refractivity (Wildman–Crippen MR) is 143 cm³/mol. The molecule has 1 N–H and O–H groups in total. The summed E-state index contributed by atoms with van der Waals surface area (Å²) < 4.78 is 29.9. The molecule has 0 saturated heterocycles. The first-order chi connectivity index (χ1) is 18.8. The fourth-order valence-electron chi connectivity index (χ4n) is 4.10. The quantitative estimate of drug-likeness (QED) is 0.285. The molecule has 0 aliphatic carbocycles. The van der Waals surface area contributed by atoms with E-state index in [1.165, 1.54) is 13.2 Å². The largest absolute Gasteiger partial charge is 0.469 e. The van der Waals surface area contributed by atoms with Gasteiger partial charge in [-0.3, -0.25) is 14.4 Å². The van der Waals surface area contributed by atoms with Crippen LogP contribution in [0.4, 0.5) is 4.39 Å². The number of ether oxygens (including phenoxy) is 2. The summed E-state index contributed by atoms with van der Waals surface area (Å²) in [7, 11) is 1.30. The molecule has 0 fully saturated rings. The molecule has 0 radical (unpaired) electrons. The van der Waals surface area contributed by atoms with Gasteiger partial charge in [-0.2, -0.15) is 0 Å². The molecule has 9 heteroatoms. The van der Waals surface area contributed by atoms with Crippen LogP contribution in [0, 0.1) is 17.7 Å². The van der Waals surface area contributed by atoms with Gasteiger partial charge in [-0.1, -0.05) is 73.3 Å². The second-order valence-corrected chi connectivity index (χ2v) is 9.26. The van der Waals surface area contributed by atoms with Crippen molar-refractivity contribution >= 4 is 23.9 Å². The third kappa shape index (κ3) is 8.91. The van der Waals surface area contributed by atoms with Gasteiger partial charge in [0.2, 0.25) is 5.91 Å². The van der Waals surface area contributed by atoms with Crippen LogP contribution in [0.1, 0.15) is 43.1 Å². The number of esters is 2. The molecule has 2 atom stereocenters. The Morgan fingerprint density at radius 1 is 1.13 bits per heavy atom. The van der Waals surface area contributed by atoms with Crippen molar-refractivity contribution in [2.75, 3.05) is 13.7 Å². The zero-order chi connectivity index (χ0) is 28.2. The summed E-state index contributed by atoms with van der Waals surface area (Å²) in [5.41, 5.74) is 2.20. The number of benzene rings is 2. The van der Waals surface area contributed by atoms with Crippen molar-refractivity contribution in [2.24, 2.45) is 11.8 Å². The van der Waals surface area contributed by atoms with Gasteiger partial charge in [0.25, 0.3) is 0 Å². The summed E-state index contributed by atoms with van der Waals surface area (Å²) >= 11 is 0. The van der Waals surface area contributed by atoms with E-state index < -0.39 is 23.7 Å². The lowest BCUT2D eigenvalue weighted by Gasteiger charge is -2.20. The highest BCUT2D eigenvalue weighted by atomic mass is 19.1. The van der Waals surface area contributed by atoms with Crippen molar-refractivity contribution < 1.29 is 32.8 Å². The lowest BCUT2D eigenvalue weighted by molar-refractivity contribution is -0.145. The molecule has 0 saturated carbocycles. The monoisotopic (exact) mass is 536 g/mol. The molecule has 0 bridgehead atoms. The van der Waals surface area contributed by atoms with E-state index in [1.807, 2.05) is 30.3 Å². The van der Waals surface area contributed by atoms with Gasteiger partial charge in [-0.05, 0) is 18.8 Å². The Bertz CT molecular complexity index is 1270. The van der Waals surface area contributed by atoms with Gasteiger partial charge in [0.1, 0.15) is 23.7 Å². The molecule has 2 aromatic carbocycles. The van der Waals surface area contributed by atoms with E-state index in [0.717, 1.165) is 5.56 Å². The molecule has 1 amide bonds. The summed E-state index contributed by atoms with van der Waals surface area (Å²) in [6.07, 6.45) is 2.16. The Morgan fingerprint density at radius 3 is 2.62 bits per heavy atom. The molecule has 1 unspecified atom stereocenters. The molecule has 0 aliphatic rings. The molecular formula is C30H33FN2O6. The average Bonchev–Trinajstić information content (AvgIpc) is 3.42. The number of nitrogens with zero attached hydrogens (tertiary/aromatic N) is 1. The standard InChI is InChI=1S/C30H33FN2O6/c1-4-22-11-8-12-24(29(22)31)18-32-30(36)20(2)15-21(13-14-27(34)37-3)19-38-28(35)17-25-16-26(33-39-25)23-9-6-5-7-10-23/h4-12,16,20-21H,1,13-15,17-19H2,2-3H3,(H,32,36)/t20?,21-/m1/s1. The number of halogens is 1. The van der Waals surface area contributed by atoms with Crippen LogP contribution in [0.2, 0.25) is 0 Å². The number of carbonyl (C=O) groups excluding carboxylic acids is 3. The lowest BCUT2D eigenvalue weighted by atomic mass is 9.92. The molecule has 1 heterocycles. The zero-order valence-electron chi connectivity index (χ0n) is 22.2. The second kappa shape index (κ2) is 14.6. The number of nitrogens with one attached hydrogen (secondary N) is 1. The predicted octanol–water partition coefficient (Wildman–Crippen LogP) is 5.12. The van der Waals surface area contributed by atoms with E-state index in [1.54, 1.807) is 31.2 Å². The fourth-order valence-corrected chi connectivity index (χ4v) is 4.10. The van der Waals surface area contributed by atoms with Crippen LogP contribution < -0.4 is 5.32 Å². The fraction of sp³-hybridized carbons (Fsp3) is 0.333. The summed E-state index contributed by atoms with van der Waals surface area (Å²) in [4.78, 5) is 36.9. The lowest BCUT2D eigenvalue weighted by Crippen LogP contribution is -2.31. The van der Waals surface area contributed by atoms with Crippen LogP contribution in [0.25, 0.3) is 17.3 Å². The highest BCUT2D eigenvalue weighted by Crippen LogP contribution is 2.21. The Kier molecular flexibility index (Phi) is 11.0. The van der Waals surface area contributed by atoms with Crippen molar-refractivity contribution in [3.05, 3.63) is 83.9 Å². The molecule has 1 aromatic heterocycles. The molecular weight excluding hydrogens is 503 g/mol. The van der Waals surface area contributed by atoms with Crippen LogP contribution in [0.15, 0.2) is 65.7 Å². The van der Waals surface area contributed by atoms with Crippen LogP contribution >= 0.6 is 0 Å². The van der Waals surface area contributed by atoms with Crippen molar-refractivity contribution in [2.45, 2.75) is 39.2 Å². The minimum absolute atomic E-state index is 0.0170. The summed E-state index contributed by atoms with van der Waals surface area (Å²) in [5, 5.41) is 6.75. The van der Waals surface area contributed by atoms with Crippen molar-refractivity contribution in [1.29, 1.82) is 0 Å². The maximum Gasteiger partial charge on any atom is 0.313 e. The van der Waals surface area contributed by atoms with E-state index >= 15 is 0 Å². The van der Waals surface area contributed by atoms with Gasteiger partial charge in [0.15, 0.2) is 0 Å². The minimum Gasteiger partial charge on any atom is -0.469 e. The van der Waals surface area contributed by atoms with E-state index in [-0.39, 0.29) is 37.8 Å². The number of hydrogen-bond acceptors (Lipinski definition) is 7. The van der Waals surface area contributed by atoms with Gasteiger partial charge >= 0.3 is 11.9 Å². The molecule has 0 spiro atoms. The third-order valence-corrected chi connectivity index (χ3v) is 6.33. The highest BCUT2D eigenvalue weighted by molar-refractivity contribution is 5.78. The number of carbonyl (C=O) groups is 3. The highest BCUT2D eigenvalue weighted by Gasteiger charge is 2.22. The first-order valence-corrected chi connectivity index (χ1v) is 12.7. The van der Waals surface area contributed by atoms with Gasteiger partial charge in [-0.25, -0.2) is 4.39 Å². The van der Waals surface area contributed by atoms with Crippen LogP contribution in [0.3, 0.4) is 0 Å². The maximum absolute atomic E-state index is 14.4. The average molecular weight is 537 g/mol. The number of hydrogen-bond donors (Lipinski definition) is 1. The van der Waals surface area contributed by atoms with E-state index in [4.69, 9.17) is 14.0 Å². The molecule has 0 aliphatic heterocycles. The first-order valence-electron chi connectivity index (χ1n) is 12.7. The van der Waals surface area contributed by atoms with Crippen molar-refractivity contribution in [3.8, 4) is 11.3 Å². The summed E-state index contributed by atoms with van der Waals surface area (Å²) in [5.74, 6) is -1.98. The second-order valence-electron chi connectivity index (χ2n) is 9.26. The van der Waals surface area contributed by atoms with Gasteiger partial charge in [0, 0.05) is 41.6 Å². The Labute approximate surface area is 227 Å². The van der Waals surface area contributed by atoms with E-state index in [9.17, 15) is 18.8 Å². The Balaban J connectivity index is 1.54.